The average Bonchev–Trinajstić information content (AvgIpc) is 2.92. The Kier molecular flexibility index (Phi) is 5.56. The minimum Gasteiger partial charge on any atom is -0.381 e. The van der Waals surface area contributed by atoms with Gasteiger partial charge in [0.25, 0.3) is 0 Å². The Morgan fingerprint density at radius 1 is 1.26 bits per heavy atom. The summed E-state index contributed by atoms with van der Waals surface area (Å²) in [6, 6.07) is 7.43. The lowest BCUT2D eigenvalue weighted by atomic mass is 10.1. The largest absolute Gasteiger partial charge is 0.381 e. The van der Waals surface area contributed by atoms with Crippen molar-refractivity contribution in [3.8, 4) is 5.69 Å². The SMILES string of the molecule is CO[C@@H](C)CS(=O)(=O)N[C@H](C)c1ccc(-n2ccnc2C)cc1. The van der Waals surface area contributed by atoms with E-state index in [2.05, 4.69) is 9.71 Å². The Hall–Kier alpha value is -1.70. The van der Waals surface area contributed by atoms with Gasteiger partial charge in [-0.1, -0.05) is 12.1 Å². The lowest BCUT2D eigenvalue weighted by Gasteiger charge is -2.17. The van der Waals surface area contributed by atoms with Gasteiger partial charge in [-0.05, 0) is 38.5 Å². The molecule has 0 spiro atoms. The second-order valence-electron chi connectivity index (χ2n) is 5.60. The molecule has 0 unspecified atom stereocenters. The van der Waals surface area contributed by atoms with Crippen LogP contribution in [0, 0.1) is 6.92 Å². The number of imidazole rings is 1. The first-order valence-corrected chi connectivity index (χ1v) is 9.10. The van der Waals surface area contributed by atoms with Gasteiger partial charge in [-0.25, -0.2) is 18.1 Å². The van der Waals surface area contributed by atoms with Crippen molar-refractivity contribution in [1.29, 1.82) is 0 Å². The Bertz CT molecular complexity index is 738. The summed E-state index contributed by atoms with van der Waals surface area (Å²) in [5.74, 6) is 0.847. The Morgan fingerprint density at radius 3 is 2.43 bits per heavy atom. The molecule has 0 aliphatic carbocycles. The maximum absolute atomic E-state index is 12.1. The van der Waals surface area contributed by atoms with Gasteiger partial charge in [-0.2, -0.15) is 0 Å². The average molecular weight is 337 g/mol. The minimum absolute atomic E-state index is 0.0554. The van der Waals surface area contributed by atoms with E-state index in [-0.39, 0.29) is 17.9 Å². The highest BCUT2D eigenvalue weighted by Crippen LogP contribution is 2.17. The summed E-state index contributed by atoms with van der Waals surface area (Å²) in [4.78, 5) is 4.19. The van der Waals surface area contributed by atoms with E-state index in [1.54, 1.807) is 13.1 Å². The van der Waals surface area contributed by atoms with Crippen molar-refractivity contribution >= 4 is 10.0 Å². The predicted molar refractivity (Wildman–Crippen MR) is 90.1 cm³/mol. The number of nitrogens with zero attached hydrogens (tertiary/aromatic N) is 2. The van der Waals surface area contributed by atoms with Crippen LogP contribution in [-0.2, 0) is 14.8 Å². The van der Waals surface area contributed by atoms with Gasteiger partial charge in [0.2, 0.25) is 10.0 Å². The van der Waals surface area contributed by atoms with Gasteiger partial charge in [0.05, 0.1) is 11.9 Å². The van der Waals surface area contributed by atoms with Crippen molar-refractivity contribution in [3.63, 3.8) is 0 Å². The number of aromatic nitrogens is 2. The van der Waals surface area contributed by atoms with E-state index in [0.29, 0.717) is 0 Å². The van der Waals surface area contributed by atoms with Crippen LogP contribution in [0.25, 0.3) is 5.69 Å². The predicted octanol–water partition coefficient (Wildman–Crippen LogP) is 2.20. The van der Waals surface area contributed by atoms with Crippen molar-refractivity contribution in [2.75, 3.05) is 12.9 Å². The third-order valence-corrected chi connectivity index (χ3v) is 5.33. The second-order valence-corrected chi connectivity index (χ2v) is 7.40. The van der Waals surface area contributed by atoms with Crippen LogP contribution in [0.15, 0.2) is 36.7 Å². The molecular weight excluding hydrogens is 314 g/mol. The highest BCUT2D eigenvalue weighted by Gasteiger charge is 2.19. The monoisotopic (exact) mass is 337 g/mol. The molecule has 0 saturated carbocycles. The molecular formula is C16H23N3O3S. The van der Waals surface area contributed by atoms with Crippen LogP contribution in [0.2, 0.25) is 0 Å². The Morgan fingerprint density at radius 2 is 1.91 bits per heavy atom. The van der Waals surface area contributed by atoms with Gasteiger partial charge in [-0.15, -0.1) is 0 Å². The Balaban J connectivity index is 2.09. The summed E-state index contributed by atoms with van der Waals surface area (Å²) in [6.07, 6.45) is 3.30. The molecule has 0 aliphatic heterocycles. The van der Waals surface area contributed by atoms with Crippen LogP contribution in [0.3, 0.4) is 0 Å². The molecule has 0 amide bonds. The zero-order valence-corrected chi connectivity index (χ0v) is 14.7. The summed E-state index contributed by atoms with van der Waals surface area (Å²) in [7, 11) is -1.89. The number of benzene rings is 1. The molecule has 126 valence electrons. The zero-order chi connectivity index (χ0) is 17.0. The molecule has 7 heteroatoms. The molecule has 6 nitrogen and oxygen atoms in total. The van der Waals surface area contributed by atoms with Crippen molar-refractivity contribution in [1.82, 2.24) is 14.3 Å². The first-order chi connectivity index (χ1) is 10.8. The fraction of sp³-hybridized carbons (Fsp3) is 0.438. The molecule has 0 radical (unpaired) electrons. The van der Waals surface area contributed by atoms with Crippen LogP contribution >= 0.6 is 0 Å². The third-order valence-electron chi connectivity index (χ3n) is 3.71. The molecule has 2 atom stereocenters. The summed E-state index contributed by atoms with van der Waals surface area (Å²) in [5, 5.41) is 0. The van der Waals surface area contributed by atoms with Gasteiger partial charge >= 0.3 is 0 Å². The standard InChI is InChI=1S/C16H23N3O3S/c1-12(22-4)11-23(20,21)18-13(2)15-5-7-16(8-6-15)19-10-9-17-14(19)3/h5-10,12-13,18H,11H2,1-4H3/t12-,13+/m0/s1. The lowest BCUT2D eigenvalue weighted by Crippen LogP contribution is -2.33. The molecule has 23 heavy (non-hydrogen) atoms. The molecule has 2 aromatic rings. The molecule has 0 fully saturated rings. The van der Waals surface area contributed by atoms with Gasteiger partial charge in [0, 0.05) is 31.2 Å². The van der Waals surface area contributed by atoms with E-state index in [0.717, 1.165) is 17.1 Å². The van der Waals surface area contributed by atoms with Crippen LogP contribution < -0.4 is 4.72 Å². The van der Waals surface area contributed by atoms with E-state index < -0.39 is 10.0 Å². The fourth-order valence-electron chi connectivity index (χ4n) is 2.34. The lowest BCUT2D eigenvalue weighted by molar-refractivity contribution is 0.136. The van der Waals surface area contributed by atoms with Crippen LogP contribution in [0.5, 0.6) is 0 Å². The smallest absolute Gasteiger partial charge is 0.214 e. The van der Waals surface area contributed by atoms with Gasteiger partial charge in [0.1, 0.15) is 5.82 Å². The Labute approximate surface area is 137 Å². The van der Waals surface area contributed by atoms with E-state index in [4.69, 9.17) is 4.74 Å². The minimum atomic E-state index is -3.39. The number of methoxy groups -OCH3 is 1. The summed E-state index contributed by atoms with van der Waals surface area (Å²) in [5.41, 5.74) is 1.90. The van der Waals surface area contributed by atoms with Gasteiger partial charge in [-0.3, -0.25) is 0 Å². The quantitative estimate of drug-likeness (QED) is 0.840. The number of nitrogens with one attached hydrogen (secondary N) is 1. The molecule has 1 heterocycles. The summed E-state index contributed by atoms with van der Waals surface area (Å²) in [6.45, 7) is 5.49. The van der Waals surface area contributed by atoms with Crippen molar-refractivity contribution < 1.29 is 13.2 Å². The molecule has 2 rings (SSSR count). The number of aryl methyl sites for hydroxylation is 1. The number of hydrogen-bond donors (Lipinski definition) is 1. The highest BCUT2D eigenvalue weighted by atomic mass is 32.2. The summed E-state index contributed by atoms with van der Waals surface area (Å²) < 4.78 is 33.8. The molecule has 0 saturated heterocycles. The maximum atomic E-state index is 12.1. The molecule has 1 N–H and O–H groups in total. The van der Waals surface area contributed by atoms with Crippen molar-refractivity contribution in [2.45, 2.75) is 32.9 Å². The normalized spacial score (nSPS) is 14.6. The first kappa shape index (κ1) is 17.7. The van der Waals surface area contributed by atoms with Crippen molar-refractivity contribution in [2.24, 2.45) is 0 Å². The number of rotatable bonds is 7. The van der Waals surface area contributed by atoms with Crippen LogP contribution in [0.4, 0.5) is 0 Å². The molecule has 0 aliphatic rings. The zero-order valence-electron chi connectivity index (χ0n) is 13.9. The number of ether oxygens (including phenoxy) is 1. The van der Waals surface area contributed by atoms with E-state index in [1.165, 1.54) is 7.11 Å². The highest BCUT2D eigenvalue weighted by molar-refractivity contribution is 7.89. The van der Waals surface area contributed by atoms with E-state index in [1.807, 2.05) is 48.9 Å². The third kappa shape index (κ3) is 4.63. The van der Waals surface area contributed by atoms with E-state index >= 15 is 0 Å². The summed E-state index contributed by atoms with van der Waals surface area (Å²) >= 11 is 0. The van der Waals surface area contributed by atoms with Crippen LogP contribution in [-0.4, -0.2) is 36.9 Å². The van der Waals surface area contributed by atoms with Gasteiger partial charge in [0.15, 0.2) is 0 Å². The van der Waals surface area contributed by atoms with Crippen molar-refractivity contribution in [3.05, 3.63) is 48.0 Å². The van der Waals surface area contributed by atoms with E-state index in [9.17, 15) is 8.42 Å². The first-order valence-electron chi connectivity index (χ1n) is 7.45. The fourth-order valence-corrected chi connectivity index (χ4v) is 3.86. The molecule has 1 aromatic carbocycles. The second kappa shape index (κ2) is 7.25. The number of sulfonamides is 1. The molecule has 1 aromatic heterocycles. The topological polar surface area (TPSA) is 73.2 Å². The maximum Gasteiger partial charge on any atom is 0.214 e. The van der Waals surface area contributed by atoms with Gasteiger partial charge < -0.3 is 9.30 Å². The number of hydrogen-bond acceptors (Lipinski definition) is 4. The molecule has 0 bridgehead atoms. The van der Waals surface area contributed by atoms with Crippen LogP contribution in [0.1, 0.15) is 31.3 Å².